The van der Waals surface area contributed by atoms with E-state index in [1.807, 2.05) is 41.9 Å². The molecule has 0 unspecified atom stereocenters. The lowest BCUT2D eigenvalue weighted by Crippen LogP contribution is -2.14. The van der Waals surface area contributed by atoms with Gasteiger partial charge in [0, 0.05) is 23.2 Å². The quantitative estimate of drug-likeness (QED) is 0.646. The number of nitrogens with zero attached hydrogens (tertiary/aromatic N) is 2. The number of para-hydroxylation sites is 1. The molecule has 0 radical (unpaired) electrons. The van der Waals surface area contributed by atoms with Crippen LogP contribution < -0.4 is 14.3 Å². The molecule has 1 heterocycles. The first kappa shape index (κ1) is 17.7. The van der Waals surface area contributed by atoms with Crippen LogP contribution in [0.25, 0.3) is 10.2 Å². The Bertz CT molecular complexity index is 1010. The fourth-order valence-corrected chi connectivity index (χ4v) is 4.40. The molecule has 7 heteroatoms. The zero-order valence-corrected chi connectivity index (χ0v) is 16.5. The molecule has 0 aliphatic heterocycles. The lowest BCUT2D eigenvalue weighted by atomic mass is 10.1. The van der Waals surface area contributed by atoms with Gasteiger partial charge in [-0.1, -0.05) is 23.5 Å². The molecule has 0 aliphatic carbocycles. The summed E-state index contributed by atoms with van der Waals surface area (Å²) in [4.78, 5) is 17.4. The highest BCUT2D eigenvalue weighted by molar-refractivity contribution is 9.10. The number of halogens is 1. The van der Waals surface area contributed by atoms with Crippen molar-refractivity contribution in [3.8, 4) is 11.5 Å². The average Bonchev–Trinajstić information content (AvgIpc) is 2.92. The van der Waals surface area contributed by atoms with Crippen LogP contribution in [0.1, 0.15) is 5.56 Å². The maximum Gasteiger partial charge on any atom is 0.252 e. The summed E-state index contributed by atoms with van der Waals surface area (Å²) < 4.78 is 14.5. The van der Waals surface area contributed by atoms with Crippen molar-refractivity contribution < 1.29 is 14.3 Å². The Morgan fingerprint density at radius 1 is 1.24 bits per heavy atom. The van der Waals surface area contributed by atoms with Crippen molar-refractivity contribution in [1.29, 1.82) is 0 Å². The average molecular weight is 421 g/mol. The van der Waals surface area contributed by atoms with E-state index in [0.717, 1.165) is 20.3 Å². The second-order valence-corrected chi connectivity index (χ2v) is 7.25. The van der Waals surface area contributed by atoms with Crippen LogP contribution in [0.5, 0.6) is 11.5 Å². The number of aromatic nitrogens is 1. The van der Waals surface area contributed by atoms with E-state index in [0.29, 0.717) is 16.3 Å². The van der Waals surface area contributed by atoms with Crippen molar-refractivity contribution in [2.45, 2.75) is 6.42 Å². The Morgan fingerprint density at radius 3 is 2.72 bits per heavy atom. The van der Waals surface area contributed by atoms with Gasteiger partial charge in [-0.25, -0.2) is 0 Å². The summed E-state index contributed by atoms with van der Waals surface area (Å²) >= 11 is 5.03. The van der Waals surface area contributed by atoms with Gasteiger partial charge in [0.2, 0.25) is 0 Å². The monoisotopic (exact) mass is 420 g/mol. The second kappa shape index (κ2) is 7.41. The Labute approximate surface area is 157 Å². The third kappa shape index (κ3) is 3.62. The van der Waals surface area contributed by atoms with Crippen molar-refractivity contribution in [1.82, 2.24) is 4.57 Å². The van der Waals surface area contributed by atoms with Crippen LogP contribution in [0.3, 0.4) is 0 Å². The van der Waals surface area contributed by atoms with E-state index in [2.05, 4.69) is 20.9 Å². The molecule has 130 valence electrons. The van der Waals surface area contributed by atoms with Gasteiger partial charge in [0.1, 0.15) is 11.5 Å². The fraction of sp³-hybridized carbons (Fsp3) is 0.222. The number of amides is 1. The van der Waals surface area contributed by atoms with Crippen LogP contribution in [-0.4, -0.2) is 24.7 Å². The van der Waals surface area contributed by atoms with Crippen LogP contribution >= 0.6 is 27.3 Å². The van der Waals surface area contributed by atoms with Crippen molar-refractivity contribution in [2.75, 3.05) is 14.2 Å². The molecule has 0 fully saturated rings. The summed E-state index contributed by atoms with van der Waals surface area (Å²) in [6.45, 7) is 0. The molecule has 1 amide bonds. The molecule has 2 aromatic carbocycles. The number of fused-ring (bicyclic) bond motifs is 1. The summed E-state index contributed by atoms with van der Waals surface area (Å²) in [5, 5.41) is 0. The van der Waals surface area contributed by atoms with Crippen LogP contribution in [-0.2, 0) is 18.3 Å². The number of rotatable bonds is 4. The van der Waals surface area contributed by atoms with Crippen LogP contribution in [0.2, 0.25) is 0 Å². The smallest absolute Gasteiger partial charge is 0.252 e. The molecule has 0 aliphatic rings. The lowest BCUT2D eigenvalue weighted by Gasteiger charge is -2.08. The van der Waals surface area contributed by atoms with Gasteiger partial charge in [0.05, 0.1) is 30.9 Å². The first-order valence-electron chi connectivity index (χ1n) is 7.56. The standard InChI is InChI=1S/C18H17BrN2O3S/c1-21-17-13(19)5-4-6-15(17)25-18(21)20-16(22)9-11-7-8-12(23-2)10-14(11)24-3/h4-8,10H,9H2,1-3H3. The summed E-state index contributed by atoms with van der Waals surface area (Å²) in [6.07, 6.45) is 0.169. The zero-order valence-electron chi connectivity index (χ0n) is 14.1. The minimum absolute atomic E-state index is 0.169. The number of benzene rings is 2. The molecule has 0 N–H and O–H groups in total. The van der Waals surface area contributed by atoms with E-state index in [-0.39, 0.29) is 12.3 Å². The first-order valence-corrected chi connectivity index (χ1v) is 9.17. The molecule has 0 atom stereocenters. The molecule has 0 saturated carbocycles. The third-order valence-electron chi connectivity index (χ3n) is 3.83. The molecular weight excluding hydrogens is 404 g/mol. The fourth-order valence-electron chi connectivity index (χ4n) is 2.57. The molecule has 5 nitrogen and oxygen atoms in total. The van der Waals surface area contributed by atoms with Gasteiger partial charge in [-0.3, -0.25) is 4.79 Å². The van der Waals surface area contributed by atoms with Crippen molar-refractivity contribution in [3.63, 3.8) is 0 Å². The lowest BCUT2D eigenvalue weighted by molar-refractivity contribution is -0.117. The highest BCUT2D eigenvalue weighted by atomic mass is 79.9. The second-order valence-electron chi connectivity index (χ2n) is 5.39. The molecule has 0 bridgehead atoms. The van der Waals surface area contributed by atoms with Crippen molar-refractivity contribution >= 4 is 43.4 Å². The van der Waals surface area contributed by atoms with Crippen molar-refractivity contribution in [3.05, 3.63) is 51.2 Å². The third-order valence-corrected chi connectivity index (χ3v) is 5.57. The minimum Gasteiger partial charge on any atom is -0.497 e. The van der Waals surface area contributed by atoms with Gasteiger partial charge in [0.25, 0.3) is 5.91 Å². The molecule has 25 heavy (non-hydrogen) atoms. The highest BCUT2D eigenvalue weighted by Crippen LogP contribution is 2.26. The summed E-state index contributed by atoms with van der Waals surface area (Å²) in [5.74, 6) is 1.08. The van der Waals surface area contributed by atoms with E-state index in [1.54, 1.807) is 20.3 Å². The van der Waals surface area contributed by atoms with Crippen molar-refractivity contribution in [2.24, 2.45) is 12.0 Å². The predicted molar refractivity (Wildman–Crippen MR) is 102 cm³/mol. The SMILES string of the molecule is COc1ccc(CC(=O)N=c2sc3cccc(Br)c3n2C)c(OC)c1. The molecule has 0 spiro atoms. The van der Waals surface area contributed by atoms with Gasteiger partial charge in [0.15, 0.2) is 4.80 Å². The van der Waals surface area contributed by atoms with E-state index in [9.17, 15) is 4.79 Å². The molecule has 1 aromatic heterocycles. The van der Waals surface area contributed by atoms with Gasteiger partial charge in [-0.15, -0.1) is 0 Å². The van der Waals surface area contributed by atoms with Crippen LogP contribution in [0.4, 0.5) is 0 Å². The Hall–Kier alpha value is -2.12. The molecular formula is C18H17BrN2O3S. The van der Waals surface area contributed by atoms with Gasteiger partial charge in [-0.2, -0.15) is 4.99 Å². The largest absolute Gasteiger partial charge is 0.497 e. The number of hydrogen-bond donors (Lipinski definition) is 0. The number of carbonyl (C=O) groups is 1. The van der Waals surface area contributed by atoms with E-state index in [1.165, 1.54) is 11.3 Å². The highest BCUT2D eigenvalue weighted by Gasteiger charge is 2.11. The topological polar surface area (TPSA) is 52.8 Å². The zero-order chi connectivity index (χ0) is 18.0. The van der Waals surface area contributed by atoms with Gasteiger partial charge < -0.3 is 14.0 Å². The minimum atomic E-state index is -0.221. The number of aryl methyl sites for hydroxylation is 1. The Kier molecular flexibility index (Phi) is 5.24. The van der Waals surface area contributed by atoms with E-state index < -0.39 is 0 Å². The van der Waals surface area contributed by atoms with Gasteiger partial charge in [-0.05, 0) is 34.1 Å². The number of ether oxygens (including phenoxy) is 2. The summed E-state index contributed by atoms with van der Waals surface area (Å²) in [5.41, 5.74) is 1.81. The van der Waals surface area contributed by atoms with Gasteiger partial charge >= 0.3 is 0 Å². The molecule has 0 saturated heterocycles. The van der Waals surface area contributed by atoms with Crippen LogP contribution in [0.15, 0.2) is 45.9 Å². The Morgan fingerprint density at radius 2 is 2.04 bits per heavy atom. The summed E-state index contributed by atoms with van der Waals surface area (Å²) in [7, 11) is 5.07. The number of methoxy groups -OCH3 is 2. The number of hydrogen-bond acceptors (Lipinski definition) is 4. The molecule has 3 aromatic rings. The van der Waals surface area contributed by atoms with E-state index >= 15 is 0 Å². The number of thiazole rings is 1. The maximum atomic E-state index is 12.4. The van der Waals surface area contributed by atoms with Crippen LogP contribution in [0, 0.1) is 0 Å². The Balaban J connectivity index is 1.94. The molecule has 3 rings (SSSR count). The predicted octanol–water partition coefficient (Wildman–Crippen LogP) is 3.69. The summed E-state index contributed by atoms with van der Waals surface area (Å²) in [6, 6.07) is 11.4. The normalized spacial score (nSPS) is 11.8. The first-order chi connectivity index (χ1) is 12.0. The maximum absolute atomic E-state index is 12.4. The number of carbonyl (C=O) groups excluding carboxylic acids is 1. The van der Waals surface area contributed by atoms with E-state index in [4.69, 9.17) is 9.47 Å².